The summed E-state index contributed by atoms with van der Waals surface area (Å²) in [6.45, 7) is 21.6. The highest BCUT2D eigenvalue weighted by atomic mass is 16.5. The van der Waals surface area contributed by atoms with Crippen molar-refractivity contribution in [3.63, 3.8) is 0 Å². The van der Waals surface area contributed by atoms with Crippen LogP contribution >= 0.6 is 0 Å². The molecule has 4 rings (SSSR count). The second kappa shape index (κ2) is 8.51. The molecule has 1 N–H and O–H groups in total. The van der Waals surface area contributed by atoms with Gasteiger partial charge >= 0.3 is 0 Å². The van der Waals surface area contributed by atoms with E-state index in [2.05, 4.69) is 61.1 Å². The Labute approximate surface area is 204 Å². The summed E-state index contributed by atoms with van der Waals surface area (Å²) in [5, 5.41) is 11.8. The molecular weight excluding hydrogens is 404 g/mol. The first-order valence-electron chi connectivity index (χ1n) is 13.8. The van der Waals surface area contributed by atoms with E-state index < -0.39 is 0 Å². The van der Waals surface area contributed by atoms with Crippen molar-refractivity contribution in [2.45, 2.75) is 118 Å². The predicted octanol–water partition coefficient (Wildman–Crippen LogP) is 7.96. The van der Waals surface area contributed by atoms with E-state index in [1.807, 2.05) is 7.11 Å². The van der Waals surface area contributed by atoms with Gasteiger partial charge in [0.1, 0.15) is 0 Å². The summed E-state index contributed by atoms with van der Waals surface area (Å²) in [6, 6.07) is 0. The molecule has 2 heteroatoms. The van der Waals surface area contributed by atoms with Gasteiger partial charge in [0.15, 0.2) is 0 Å². The normalized spacial score (nSPS) is 48.4. The van der Waals surface area contributed by atoms with Crippen LogP contribution < -0.4 is 0 Å². The Kier molecular flexibility index (Phi) is 6.57. The molecule has 4 saturated carbocycles. The van der Waals surface area contributed by atoms with Crippen molar-refractivity contribution in [2.24, 2.45) is 45.3 Å². The zero-order valence-corrected chi connectivity index (χ0v) is 23.0. The van der Waals surface area contributed by atoms with Gasteiger partial charge in [-0.2, -0.15) is 0 Å². The van der Waals surface area contributed by atoms with E-state index in [0.29, 0.717) is 40.6 Å². The summed E-state index contributed by atoms with van der Waals surface area (Å²) >= 11 is 0. The van der Waals surface area contributed by atoms with E-state index in [1.54, 1.807) is 0 Å². The Hall–Kier alpha value is -0.600. The van der Waals surface area contributed by atoms with Crippen LogP contribution in [0.5, 0.6) is 0 Å². The van der Waals surface area contributed by atoms with Crippen molar-refractivity contribution >= 4 is 0 Å². The number of fused-ring (bicyclic) bond motifs is 5. The number of rotatable bonds is 5. The van der Waals surface area contributed by atoms with E-state index in [1.165, 1.54) is 43.3 Å². The van der Waals surface area contributed by atoms with Crippen molar-refractivity contribution in [1.29, 1.82) is 0 Å². The van der Waals surface area contributed by atoms with Gasteiger partial charge < -0.3 is 9.84 Å². The first-order valence-corrected chi connectivity index (χ1v) is 13.8. The standard InChI is InChI=1S/C31H52O2/c1-20(2)11-10-12-21(3)22-13-17-31(8)27(22)23(32)19-25-29(6)16-15-26(33-9)28(4,5)24(29)14-18-30(25,31)7/h11,22-27,32H,3,10,12-19H2,1-2,4-9H3/t22?,23?,24?,25?,26-,27?,29?,30?,31?/m0/s1. The third-order valence-corrected chi connectivity index (χ3v) is 12.2. The monoisotopic (exact) mass is 456 g/mol. The lowest BCUT2D eigenvalue weighted by Crippen LogP contribution is -2.66. The van der Waals surface area contributed by atoms with E-state index in [-0.39, 0.29) is 16.9 Å². The van der Waals surface area contributed by atoms with Crippen LogP contribution in [0.4, 0.5) is 0 Å². The van der Waals surface area contributed by atoms with E-state index in [9.17, 15) is 5.11 Å². The van der Waals surface area contributed by atoms with Crippen LogP contribution in [-0.4, -0.2) is 24.4 Å². The van der Waals surface area contributed by atoms with Gasteiger partial charge in [-0.1, -0.05) is 58.4 Å². The number of hydrogen-bond donors (Lipinski definition) is 1. The second-order valence-corrected chi connectivity index (χ2v) is 14.0. The molecule has 0 aliphatic heterocycles. The zero-order chi connectivity index (χ0) is 24.4. The van der Waals surface area contributed by atoms with E-state index in [4.69, 9.17) is 4.74 Å². The molecule has 0 amide bonds. The molecule has 8 unspecified atom stereocenters. The number of methoxy groups -OCH3 is 1. The molecule has 0 spiro atoms. The third kappa shape index (κ3) is 3.64. The first-order chi connectivity index (χ1) is 15.3. The summed E-state index contributed by atoms with van der Waals surface area (Å²) in [7, 11) is 1.90. The Bertz CT molecular complexity index is 791. The van der Waals surface area contributed by atoms with Crippen molar-refractivity contribution in [2.75, 3.05) is 7.11 Å². The summed E-state index contributed by atoms with van der Waals surface area (Å²) in [5.74, 6) is 2.13. The Morgan fingerprint density at radius 1 is 0.970 bits per heavy atom. The summed E-state index contributed by atoms with van der Waals surface area (Å²) in [6.07, 6.45) is 13.1. The van der Waals surface area contributed by atoms with Gasteiger partial charge in [0, 0.05) is 7.11 Å². The minimum atomic E-state index is -0.195. The average Bonchev–Trinajstić information content (AvgIpc) is 3.09. The largest absolute Gasteiger partial charge is 0.393 e. The molecule has 2 nitrogen and oxygen atoms in total. The molecule has 33 heavy (non-hydrogen) atoms. The minimum Gasteiger partial charge on any atom is -0.393 e. The van der Waals surface area contributed by atoms with Crippen LogP contribution in [0.15, 0.2) is 23.8 Å². The van der Waals surface area contributed by atoms with E-state index >= 15 is 0 Å². The van der Waals surface area contributed by atoms with Gasteiger partial charge in [-0.15, -0.1) is 0 Å². The Morgan fingerprint density at radius 2 is 1.64 bits per heavy atom. The first kappa shape index (κ1) is 25.5. The number of hydrogen-bond acceptors (Lipinski definition) is 2. The summed E-state index contributed by atoms with van der Waals surface area (Å²) in [5.41, 5.74) is 3.78. The van der Waals surface area contributed by atoms with Crippen LogP contribution in [0.25, 0.3) is 0 Å². The lowest BCUT2D eigenvalue weighted by Gasteiger charge is -2.70. The number of aliphatic hydroxyl groups excluding tert-OH is 1. The topological polar surface area (TPSA) is 29.5 Å². The molecule has 4 fully saturated rings. The molecule has 0 bridgehead atoms. The molecule has 4 aliphatic carbocycles. The lowest BCUT2D eigenvalue weighted by atomic mass is 9.35. The maximum Gasteiger partial charge on any atom is 0.0625 e. The highest BCUT2D eigenvalue weighted by Gasteiger charge is 2.70. The van der Waals surface area contributed by atoms with Gasteiger partial charge in [0.25, 0.3) is 0 Å². The van der Waals surface area contributed by atoms with Crippen LogP contribution in [0.3, 0.4) is 0 Å². The number of aliphatic hydroxyl groups is 1. The minimum absolute atomic E-state index is 0.195. The highest BCUT2D eigenvalue weighted by molar-refractivity contribution is 5.22. The molecular formula is C31H52O2. The van der Waals surface area contributed by atoms with Gasteiger partial charge in [-0.25, -0.2) is 0 Å². The van der Waals surface area contributed by atoms with Crippen molar-refractivity contribution in [3.05, 3.63) is 23.8 Å². The van der Waals surface area contributed by atoms with Gasteiger partial charge in [0.05, 0.1) is 12.2 Å². The van der Waals surface area contributed by atoms with E-state index in [0.717, 1.165) is 25.7 Å². The maximum atomic E-state index is 11.8. The molecule has 0 saturated heterocycles. The molecule has 0 radical (unpaired) electrons. The summed E-state index contributed by atoms with van der Waals surface area (Å²) in [4.78, 5) is 0. The number of ether oxygens (including phenoxy) is 1. The van der Waals surface area contributed by atoms with Crippen molar-refractivity contribution < 1.29 is 9.84 Å². The van der Waals surface area contributed by atoms with Crippen LogP contribution in [0, 0.1) is 45.3 Å². The Morgan fingerprint density at radius 3 is 2.27 bits per heavy atom. The van der Waals surface area contributed by atoms with Crippen LogP contribution in [-0.2, 0) is 4.74 Å². The molecule has 0 aromatic heterocycles. The fourth-order valence-electron chi connectivity index (χ4n) is 10.3. The molecule has 0 aromatic rings. The lowest BCUT2D eigenvalue weighted by molar-refractivity contribution is -0.242. The predicted molar refractivity (Wildman–Crippen MR) is 139 cm³/mol. The third-order valence-electron chi connectivity index (χ3n) is 12.2. The van der Waals surface area contributed by atoms with Gasteiger partial charge in [-0.05, 0) is 117 Å². The Balaban J connectivity index is 1.63. The fraction of sp³-hybridized carbons (Fsp3) is 0.871. The van der Waals surface area contributed by atoms with Crippen molar-refractivity contribution in [1.82, 2.24) is 0 Å². The quantitative estimate of drug-likeness (QED) is 0.425. The molecule has 188 valence electrons. The second-order valence-electron chi connectivity index (χ2n) is 14.0. The molecule has 0 aromatic carbocycles. The maximum absolute atomic E-state index is 11.8. The molecule has 9 atom stereocenters. The average molecular weight is 457 g/mol. The zero-order valence-electron chi connectivity index (χ0n) is 23.0. The van der Waals surface area contributed by atoms with Gasteiger partial charge in [-0.3, -0.25) is 0 Å². The molecule has 4 aliphatic rings. The molecule has 0 heterocycles. The fourth-order valence-corrected chi connectivity index (χ4v) is 10.3. The van der Waals surface area contributed by atoms with Crippen molar-refractivity contribution in [3.8, 4) is 0 Å². The SMILES string of the molecule is C=C(CCC=C(C)C)C1CCC2(C)C1C(O)CC1C3(C)CC[C@H](OC)C(C)(C)C3CCC12C. The summed E-state index contributed by atoms with van der Waals surface area (Å²) < 4.78 is 6.00. The van der Waals surface area contributed by atoms with Crippen LogP contribution in [0.2, 0.25) is 0 Å². The van der Waals surface area contributed by atoms with Gasteiger partial charge in [0.2, 0.25) is 0 Å². The number of allylic oxidation sites excluding steroid dienone is 3. The highest BCUT2D eigenvalue weighted by Crippen LogP contribution is 2.75. The van der Waals surface area contributed by atoms with Crippen LogP contribution in [0.1, 0.15) is 106 Å². The smallest absolute Gasteiger partial charge is 0.0625 e.